The normalized spacial score (nSPS) is 10.9. The Labute approximate surface area is 134 Å². The van der Waals surface area contributed by atoms with Crippen LogP contribution in [0.15, 0.2) is 48.8 Å². The van der Waals surface area contributed by atoms with Gasteiger partial charge in [0.2, 0.25) is 5.13 Å². The lowest BCUT2D eigenvalue weighted by Gasteiger charge is -2.05. The van der Waals surface area contributed by atoms with Gasteiger partial charge in [-0.05, 0) is 22.8 Å². The first kappa shape index (κ1) is 14.7. The van der Waals surface area contributed by atoms with E-state index in [0.29, 0.717) is 5.92 Å². The van der Waals surface area contributed by atoms with Gasteiger partial charge in [0.15, 0.2) is 0 Å². The third kappa shape index (κ3) is 3.49. The second-order valence-electron chi connectivity index (χ2n) is 5.40. The number of hydrogen-bond acceptors (Lipinski definition) is 5. The summed E-state index contributed by atoms with van der Waals surface area (Å²) in [6, 6.07) is 12.5. The molecule has 0 saturated carbocycles. The van der Waals surface area contributed by atoms with E-state index in [1.807, 2.05) is 12.3 Å². The average molecular weight is 310 g/mol. The van der Waals surface area contributed by atoms with E-state index in [1.165, 1.54) is 22.7 Å². The van der Waals surface area contributed by atoms with E-state index in [2.05, 4.69) is 63.8 Å². The van der Waals surface area contributed by atoms with Crippen LogP contribution in [0.5, 0.6) is 0 Å². The Morgan fingerprint density at radius 2 is 1.91 bits per heavy atom. The Hall–Kier alpha value is -2.27. The molecule has 0 aliphatic heterocycles. The van der Waals surface area contributed by atoms with Gasteiger partial charge in [-0.15, -0.1) is 0 Å². The third-order valence-electron chi connectivity index (χ3n) is 3.35. The minimum atomic E-state index is 0.366. The van der Waals surface area contributed by atoms with Gasteiger partial charge in [-0.2, -0.15) is 4.37 Å². The fraction of sp³-hybridized carbons (Fsp3) is 0.235. The molecule has 2 aromatic heterocycles. The van der Waals surface area contributed by atoms with Gasteiger partial charge in [-0.25, -0.2) is 4.98 Å². The van der Waals surface area contributed by atoms with Gasteiger partial charge in [-0.3, -0.25) is 4.98 Å². The van der Waals surface area contributed by atoms with E-state index in [-0.39, 0.29) is 0 Å². The molecule has 0 amide bonds. The topological polar surface area (TPSA) is 50.7 Å². The molecular weight excluding hydrogens is 292 g/mol. The number of nitrogens with one attached hydrogen (secondary N) is 1. The van der Waals surface area contributed by atoms with Gasteiger partial charge < -0.3 is 5.32 Å². The van der Waals surface area contributed by atoms with Crippen LogP contribution in [-0.2, 0) is 6.54 Å². The van der Waals surface area contributed by atoms with Crippen molar-refractivity contribution in [1.82, 2.24) is 14.3 Å². The van der Waals surface area contributed by atoms with Crippen LogP contribution in [0.2, 0.25) is 0 Å². The Morgan fingerprint density at radius 3 is 2.55 bits per heavy atom. The van der Waals surface area contributed by atoms with Crippen molar-refractivity contribution < 1.29 is 0 Å². The Balaban J connectivity index is 1.63. The fourth-order valence-corrected chi connectivity index (χ4v) is 2.77. The molecule has 3 aromatic rings. The summed E-state index contributed by atoms with van der Waals surface area (Å²) < 4.78 is 4.34. The van der Waals surface area contributed by atoms with Gasteiger partial charge in [0.25, 0.3) is 0 Å². The summed E-state index contributed by atoms with van der Waals surface area (Å²) in [7, 11) is 0. The quantitative estimate of drug-likeness (QED) is 0.762. The maximum atomic E-state index is 4.48. The van der Waals surface area contributed by atoms with Crippen molar-refractivity contribution in [1.29, 1.82) is 0 Å². The summed E-state index contributed by atoms with van der Waals surface area (Å²) >= 11 is 1.42. The molecule has 3 rings (SSSR count). The van der Waals surface area contributed by atoms with E-state index in [0.717, 1.165) is 23.1 Å². The van der Waals surface area contributed by atoms with Crippen molar-refractivity contribution in [2.24, 2.45) is 0 Å². The van der Waals surface area contributed by atoms with E-state index in [1.54, 1.807) is 6.20 Å². The minimum absolute atomic E-state index is 0.366. The van der Waals surface area contributed by atoms with Gasteiger partial charge in [0.1, 0.15) is 5.82 Å². The number of aromatic nitrogens is 3. The molecule has 4 nitrogen and oxygen atoms in total. The van der Waals surface area contributed by atoms with Crippen LogP contribution in [0, 0.1) is 0 Å². The molecule has 2 heterocycles. The zero-order valence-electron chi connectivity index (χ0n) is 12.7. The van der Waals surface area contributed by atoms with Crippen molar-refractivity contribution in [3.63, 3.8) is 0 Å². The van der Waals surface area contributed by atoms with E-state index < -0.39 is 0 Å². The lowest BCUT2D eigenvalue weighted by atomic mass is 10.1. The third-order valence-corrected chi connectivity index (χ3v) is 4.04. The van der Waals surface area contributed by atoms with Crippen LogP contribution in [-0.4, -0.2) is 14.3 Å². The zero-order chi connectivity index (χ0) is 15.4. The molecule has 5 heteroatoms. The molecule has 0 unspecified atom stereocenters. The Kier molecular flexibility index (Phi) is 4.44. The number of nitrogens with zero attached hydrogens (tertiary/aromatic N) is 3. The predicted octanol–water partition coefficient (Wildman–Crippen LogP) is 4.34. The van der Waals surface area contributed by atoms with Crippen LogP contribution in [0.3, 0.4) is 0 Å². The van der Waals surface area contributed by atoms with Crippen LogP contribution >= 0.6 is 11.5 Å². The maximum absolute atomic E-state index is 4.48. The molecule has 0 saturated heterocycles. The molecule has 112 valence electrons. The highest BCUT2D eigenvalue weighted by molar-refractivity contribution is 7.09. The van der Waals surface area contributed by atoms with Crippen LogP contribution in [0.25, 0.3) is 11.1 Å². The van der Waals surface area contributed by atoms with Gasteiger partial charge in [0, 0.05) is 36.4 Å². The minimum Gasteiger partial charge on any atom is -0.356 e. The molecule has 0 spiro atoms. The van der Waals surface area contributed by atoms with Crippen molar-refractivity contribution in [3.8, 4) is 11.1 Å². The SMILES string of the molecule is CC(C)c1nsc(NCc2ccc(-c3cccnc3)cc2)n1. The van der Waals surface area contributed by atoms with E-state index in [4.69, 9.17) is 0 Å². The molecule has 22 heavy (non-hydrogen) atoms. The summed E-state index contributed by atoms with van der Waals surface area (Å²) in [4.78, 5) is 8.63. The smallest absolute Gasteiger partial charge is 0.202 e. The molecule has 0 atom stereocenters. The first-order valence-corrected chi connectivity index (χ1v) is 8.06. The second kappa shape index (κ2) is 6.66. The Bertz CT molecular complexity index is 720. The first-order chi connectivity index (χ1) is 10.7. The molecule has 0 aliphatic rings. The highest BCUT2D eigenvalue weighted by Gasteiger charge is 2.07. The summed E-state index contributed by atoms with van der Waals surface area (Å²) in [5.41, 5.74) is 3.52. The van der Waals surface area contributed by atoms with Crippen molar-refractivity contribution in [2.75, 3.05) is 5.32 Å². The largest absolute Gasteiger partial charge is 0.356 e. The van der Waals surface area contributed by atoms with Gasteiger partial charge in [0.05, 0.1) is 0 Å². The number of anilines is 1. The van der Waals surface area contributed by atoms with Crippen molar-refractivity contribution in [3.05, 3.63) is 60.2 Å². The average Bonchev–Trinajstić information content (AvgIpc) is 3.04. The molecule has 1 N–H and O–H groups in total. The molecule has 0 bridgehead atoms. The number of rotatable bonds is 5. The molecular formula is C17H18N4S. The monoisotopic (exact) mass is 310 g/mol. The summed E-state index contributed by atoms with van der Waals surface area (Å²) in [6.07, 6.45) is 3.66. The number of hydrogen-bond donors (Lipinski definition) is 1. The summed E-state index contributed by atoms with van der Waals surface area (Å²) in [5.74, 6) is 1.27. The molecule has 1 aromatic carbocycles. The van der Waals surface area contributed by atoms with Gasteiger partial charge >= 0.3 is 0 Å². The van der Waals surface area contributed by atoms with Crippen molar-refractivity contribution in [2.45, 2.75) is 26.3 Å². The predicted molar refractivity (Wildman–Crippen MR) is 91.0 cm³/mol. The number of benzene rings is 1. The van der Waals surface area contributed by atoms with Crippen LogP contribution in [0.4, 0.5) is 5.13 Å². The Morgan fingerprint density at radius 1 is 1.09 bits per heavy atom. The summed E-state index contributed by atoms with van der Waals surface area (Å²) in [6.45, 7) is 4.95. The van der Waals surface area contributed by atoms with Crippen molar-refractivity contribution >= 4 is 16.7 Å². The van der Waals surface area contributed by atoms with Crippen LogP contribution < -0.4 is 5.32 Å². The highest BCUT2D eigenvalue weighted by atomic mass is 32.1. The highest BCUT2D eigenvalue weighted by Crippen LogP contribution is 2.20. The fourth-order valence-electron chi connectivity index (χ4n) is 2.07. The van der Waals surface area contributed by atoms with E-state index in [9.17, 15) is 0 Å². The second-order valence-corrected chi connectivity index (χ2v) is 6.16. The molecule has 0 radical (unpaired) electrons. The number of pyridine rings is 1. The molecule has 0 fully saturated rings. The van der Waals surface area contributed by atoms with Crippen LogP contribution in [0.1, 0.15) is 31.2 Å². The lowest BCUT2D eigenvalue weighted by molar-refractivity contribution is 0.799. The first-order valence-electron chi connectivity index (χ1n) is 7.29. The summed E-state index contributed by atoms with van der Waals surface area (Å²) in [5, 5.41) is 4.20. The van der Waals surface area contributed by atoms with E-state index >= 15 is 0 Å². The van der Waals surface area contributed by atoms with Gasteiger partial charge in [-0.1, -0.05) is 44.2 Å². The standard InChI is InChI=1S/C17H18N4S/c1-12(2)16-20-17(22-21-16)19-10-13-5-7-14(8-6-13)15-4-3-9-18-11-15/h3-9,11-12H,10H2,1-2H3,(H,19,20,21). The molecule has 0 aliphatic carbocycles. The zero-order valence-corrected chi connectivity index (χ0v) is 13.5. The lowest BCUT2D eigenvalue weighted by Crippen LogP contribution is -1.99. The maximum Gasteiger partial charge on any atom is 0.202 e.